The molecule has 2 rings (SSSR count). The number of allylic oxidation sites excluding steroid dienone is 3. The van der Waals surface area contributed by atoms with E-state index in [1.807, 2.05) is 31.2 Å². The molecule has 0 aliphatic heterocycles. The van der Waals surface area contributed by atoms with Crippen molar-refractivity contribution < 1.29 is 9.53 Å². The fourth-order valence-corrected chi connectivity index (χ4v) is 2.23. The highest BCUT2D eigenvalue weighted by Gasteiger charge is 2.44. The number of hydrogen-bond acceptors (Lipinski definition) is 2. The van der Waals surface area contributed by atoms with Crippen LogP contribution in [0.15, 0.2) is 48.6 Å². The standard InChI is InChI=1S/C17H21NO2/c1-3-4-5-6-16(19)18-13-17(11-12-17)14-7-9-15(20-2)10-8-14/h3-10H,11-13H2,1-2H3,(H,18,19)/b4-3+,6-5+. The van der Waals surface area contributed by atoms with Crippen LogP contribution in [0, 0.1) is 0 Å². The van der Waals surface area contributed by atoms with Gasteiger partial charge in [-0.2, -0.15) is 0 Å². The maximum absolute atomic E-state index is 11.7. The van der Waals surface area contributed by atoms with Gasteiger partial charge in [0.25, 0.3) is 0 Å². The van der Waals surface area contributed by atoms with Gasteiger partial charge in [-0.25, -0.2) is 0 Å². The number of ether oxygens (including phenoxy) is 1. The van der Waals surface area contributed by atoms with E-state index in [2.05, 4.69) is 17.4 Å². The van der Waals surface area contributed by atoms with Crippen molar-refractivity contribution in [3.63, 3.8) is 0 Å². The fraction of sp³-hybridized carbons (Fsp3) is 0.353. The Kier molecular flexibility index (Phi) is 4.61. The van der Waals surface area contributed by atoms with Gasteiger partial charge in [-0.1, -0.05) is 30.4 Å². The zero-order valence-corrected chi connectivity index (χ0v) is 12.1. The normalized spacial score (nSPS) is 16.5. The highest BCUT2D eigenvalue weighted by Crippen LogP contribution is 2.47. The Balaban J connectivity index is 1.92. The van der Waals surface area contributed by atoms with Crippen molar-refractivity contribution in [2.75, 3.05) is 13.7 Å². The predicted octanol–water partition coefficient (Wildman–Crippen LogP) is 2.98. The number of carbonyl (C=O) groups excluding carboxylic acids is 1. The molecule has 1 amide bonds. The number of nitrogens with one attached hydrogen (secondary N) is 1. The highest BCUT2D eigenvalue weighted by atomic mass is 16.5. The van der Waals surface area contributed by atoms with Gasteiger partial charge in [0, 0.05) is 18.0 Å². The van der Waals surface area contributed by atoms with Crippen LogP contribution in [0.3, 0.4) is 0 Å². The number of methoxy groups -OCH3 is 1. The molecule has 0 saturated heterocycles. The van der Waals surface area contributed by atoms with Crippen molar-refractivity contribution in [2.45, 2.75) is 25.2 Å². The molecule has 1 aliphatic carbocycles. The Morgan fingerprint density at radius 2 is 2.00 bits per heavy atom. The van der Waals surface area contributed by atoms with Crippen LogP contribution in [0.5, 0.6) is 5.75 Å². The topological polar surface area (TPSA) is 38.3 Å². The molecule has 106 valence electrons. The molecule has 0 aromatic heterocycles. The molecular formula is C17H21NO2. The largest absolute Gasteiger partial charge is 0.497 e. The first-order valence-corrected chi connectivity index (χ1v) is 6.92. The van der Waals surface area contributed by atoms with Gasteiger partial charge in [0.2, 0.25) is 5.91 Å². The van der Waals surface area contributed by atoms with Crippen LogP contribution in [0.1, 0.15) is 25.3 Å². The van der Waals surface area contributed by atoms with Gasteiger partial charge in [0.1, 0.15) is 5.75 Å². The summed E-state index contributed by atoms with van der Waals surface area (Å²) in [6, 6.07) is 8.13. The average molecular weight is 271 g/mol. The first-order chi connectivity index (χ1) is 9.70. The lowest BCUT2D eigenvalue weighted by Crippen LogP contribution is -2.30. The van der Waals surface area contributed by atoms with E-state index < -0.39 is 0 Å². The first kappa shape index (κ1) is 14.4. The summed E-state index contributed by atoms with van der Waals surface area (Å²) < 4.78 is 5.17. The molecule has 1 aliphatic rings. The second-order valence-electron chi connectivity index (χ2n) is 5.11. The van der Waals surface area contributed by atoms with E-state index in [1.54, 1.807) is 19.3 Å². The summed E-state index contributed by atoms with van der Waals surface area (Å²) in [7, 11) is 1.67. The maximum atomic E-state index is 11.7. The highest BCUT2D eigenvalue weighted by molar-refractivity contribution is 5.87. The van der Waals surface area contributed by atoms with Crippen molar-refractivity contribution in [1.29, 1.82) is 0 Å². The summed E-state index contributed by atoms with van der Waals surface area (Å²) in [6.07, 6.45) is 9.29. The summed E-state index contributed by atoms with van der Waals surface area (Å²) in [5.74, 6) is 0.825. The minimum Gasteiger partial charge on any atom is -0.497 e. The van der Waals surface area contributed by atoms with Crippen molar-refractivity contribution in [1.82, 2.24) is 5.32 Å². The zero-order valence-electron chi connectivity index (χ0n) is 12.1. The first-order valence-electron chi connectivity index (χ1n) is 6.92. The third-order valence-electron chi connectivity index (χ3n) is 3.71. The molecule has 1 aromatic carbocycles. The SMILES string of the molecule is C/C=C/C=C/C(=O)NCC1(c2ccc(OC)cc2)CC1. The summed E-state index contributed by atoms with van der Waals surface area (Å²) in [4.78, 5) is 11.7. The van der Waals surface area contributed by atoms with Gasteiger partial charge < -0.3 is 10.1 Å². The van der Waals surface area contributed by atoms with E-state index in [4.69, 9.17) is 4.74 Å². The molecular weight excluding hydrogens is 250 g/mol. The Hall–Kier alpha value is -2.03. The van der Waals surface area contributed by atoms with E-state index >= 15 is 0 Å². The molecule has 0 spiro atoms. The average Bonchev–Trinajstić information content (AvgIpc) is 3.27. The smallest absolute Gasteiger partial charge is 0.244 e. The van der Waals surface area contributed by atoms with Gasteiger partial charge in [-0.05, 0) is 37.5 Å². The second kappa shape index (κ2) is 6.42. The van der Waals surface area contributed by atoms with Gasteiger partial charge in [0.15, 0.2) is 0 Å². The van der Waals surface area contributed by atoms with Gasteiger partial charge in [-0.3, -0.25) is 4.79 Å². The predicted molar refractivity (Wildman–Crippen MR) is 80.9 cm³/mol. The molecule has 0 heterocycles. The lowest BCUT2D eigenvalue weighted by molar-refractivity contribution is -0.116. The summed E-state index contributed by atoms with van der Waals surface area (Å²) >= 11 is 0. The molecule has 20 heavy (non-hydrogen) atoms. The van der Waals surface area contributed by atoms with Crippen molar-refractivity contribution >= 4 is 5.91 Å². The quantitative estimate of drug-likeness (QED) is 0.638. The van der Waals surface area contributed by atoms with Crippen LogP contribution in [-0.2, 0) is 10.2 Å². The van der Waals surface area contributed by atoms with E-state index in [0.29, 0.717) is 6.54 Å². The molecule has 0 atom stereocenters. The van der Waals surface area contributed by atoms with Crippen LogP contribution >= 0.6 is 0 Å². The number of hydrogen-bond donors (Lipinski definition) is 1. The number of rotatable bonds is 6. The molecule has 1 fully saturated rings. The fourth-order valence-electron chi connectivity index (χ4n) is 2.23. The zero-order chi connectivity index (χ0) is 14.4. The molecule has 1 aromatic rings. The minimum atomic E-state index is -0.0390. The van der Waals surface area contributed by atoms with Crippen molar-refractivity contribution in [3.05, 3.63) is 54.1 Å². The Morgan fingerprint density at radius 3 is 2.55 bits per heavy atom. The Labute approximate surface area is 120 Å². The Morgan fingerprint density at radius 1 is 1.30 bits per heavy atom. The summed E-state index contributed by atoms with van der Waals surface area (Å²) in [5.41, 5.74) is 1.40. The van der Waals surface area contributed by atoms with E-state index in [0.717, 1.165) is 18.6 Å². The lowest BCUT2D eigenvalue weighted by Gasteiger charge is -2.16. The monoisotopic (exact) mass is 271 g/mol. The molecule has 3 nitrogen and oxygen atoms in total. The number of amides is 1. The van der Waals surface area contributed by atoms with Gasteiger partial charge in [-0.15, -0.1) is 0 Å². The van der Waals surface area contributed by atoms with Crippen LogP contribution in [0.25, 0.3) is 0 Å². The van der Waals surface area contributed by atoms with Crippen molar-refractivity contribution in [2.24, 2.45) is 0 Å². The minimum absolute atomic E-state index is 0.0390. The second-order valence-corrected chi connectivity index (χ2v) is 5.11. The van der Waals surface area contributed by atoms with E-state index in [1.165, 1.54) is 5.56 Å². The molecule has 0 unspecified atom stereocenters. The molecule has 0 bridgehead atoms. The van der Waals surface area contributed by atoms with E-state index in [9.17, 15) is 4.79 Å². The van der Waals surface area contributed by atoms with E-state index in [-0.39, 0.29) is 11.3 Å². The van der Waals surface area contributed by atoms with Crippen LogP contribution < -0.4 is 10.1 Å². The molecule has 1 saturated carbocycles. The number of benzene rings is 1. The lowest BCUT2D eigenvalue weighted by atomic mass is 9.96. The Bertz CT molecular complexity index is 510. The summed E-state index contributed by atoms with van der Waals surface area (Å²) in [6.45, 7) is 2.61. The summed E-state index contributed by atoms with van der Waals surface area (Å²) in [5, 5.41) is 2.98. The maximum Gasteiger partial charge on any atom is 0.244 e. The van der Waals surface area contributed by atoms with Crippen LogP contribution in [-0.4, -0.2) is 19.6 Å². The molecule has 1 N–H and O–H groups in total. The van der Waals surface area contributed by atoms with Crippen molar-refractivity contribution in [3.8, 4) is 5.75 Å². The third kappa shape index (κ3) is 3.50. The van der Waals surface area contributed by atoms with Crippen LogP contribution in [0.4, 0.5) is 0 Å². The molecule has 3 heteroatoms. The third-order valence-corrected chi connectivity index (χ3v) is 3.71. The van der Waals surface area contributed by atoms with Gasteiger partial charge >= 0.3 is 0 Å². The van der Waals surface area contributed by atoms with Gasteiger partial charge in [0.05, 0.1) is 7.11 Å². The van der Waals surface area contributed by atoms with Crippen LogP contribution in [0.2, 0.25) is 0 Å². The number of carbonyl (C=O) groups is 1. The molecule has 0 radical (unpaired) electrons.